The van der Waals surface area contributed by atoms with E-state index in [4.69, 9.17) is 0 Å². The van der Waals surface area contributed by atoms with Crippen molar-refractivity contribution >= 4 is 6.21 Å². The third-order valence-electron chi connectivity index (χ3n) is 0.697. The van der Waals surface area contributed by atoms with E-state index in [0.29, 0.717) is 0 Å². The number of hydrogen-bond donors (Lipinski definition) is 0. The molecular formula is C8H15N. The lowest BCUT2D eigenvalue weighted by atomic mass is 9.99. The monoisotopic (exact) mass is 125 g/mol. The highest BCUT2D eigenvalue weighted by atomic mass is 14.7. The van der Waals surface area contributed by atoms with Gasteiger partial charge in [0, 0.05) is 12.4 Å². The van der Waals surface area contributed by atoms with Crippen molar-refractivity contribution in [3.05, 3.63) is 12.3 Å². The second-order valence-electron chi connectivity index (χ2n) is 3.13. The molecule has 0 aliphatic carbocycles. The van der Waals surface area contributed by atoms with Crippen molar-refractivity contribution in [2.24, 2.45) is 10.4 Å². The molecule has 0 aromatic rings. The Labute approximate surface area is 57.5 Å². The van der Waals surface area contributed by atoms with E-state index >= 15 is 0 Å². The predicted octanol–water partition coefficient (Wildman–Crippen LogP) is 2.64. The predicted molar refractivity (Wildman–Crippen MR) is 42.8 cm³/mol. The lowest BCUT2D eigenvalue weighted by molar-refractivity contribution is 0.607. The van der Waals surface area contributed by atoms with Gasteiger partial charge in [0.2, 0.25) is 0 Å². The van der Waals surface area contributed by atoms with Gasteiger partial charge in [0.15, 0.2) is 0 Å². The van der Waals surface area contributed by atoms with Crippen LogP contribution in [0.1, 0.15) is 27.7 Å². The summed E-state index contributed by atoms with van der Waals surface area (Å²) >= 11 is 0. The quantitative estimate of drug-likeness (QED) is 0.478. The fraction of sp³-hybridized carbons (Fsp3) is 0.625. The van der Waals surface area contributed by atoms with Gasteiger partial charge >= 0.3 is 0 Å². The molecule has 0 rings (SSSR count). The Kier molecular flexibility index (Phi) is 3.21. The van der Waals surface area contributed by atoms with Gasteiger partial charge in [0.05, 0.1) is 0 Å². The highest BCUT2D eigenvalue weighted by Gasteiger charge is 2.03. The molecule has 0 fully saturated rings. The summed E-state index contributed by atoms with van der Waals surface area (Å²) in [7, 11) is 0. The van der Waals surface area contributed by atoms with Crippen molar-refractivity contribution in [1.29, 1.82) is 0 Å². The second-order valence-corrected chi connectivity index (χ2v) is 3.13. The first-order valence-corrected chi connectivity index (χ1v) is 3.22. The molecule has 0 radical (unpaired) electrons. The van der Waals surface area contributed by atoms with Crippen LogP contribution in [-0.2, 0) is 0 Å². The molecule has 0 saturated heterocycles. The van der Waals surface area contributed by atoms with Crippen molar-refractivity contribution < 1.29 is 0 Å². The summed E-state index contributed by atoms with van der Waals surface area (Å²) < 4.78 is 0. The van der Waals surface area contributed by atoms with E-state index in [-0.39, 0.29) is 5.41 Å². The summed E-state index contributed by atoms with van der Waals surface area (Å²) in [4.78, 5) is 4.06. The van der Waals surface area contributed by atoms with Crippen molar-refractivity contribution in [1.82, 2.24) is 0 Å². The minimum atomic E-state index is 0.208. The van der Waals surface area contributed by atoms with E-state index in [0.717, 1.165) is 0 Å². The highest BCUT2D eigenvalue weighted by Crippen LogP contribution is 2.07. The first-order valence-electron chi connectivity index (χ1n) is 3.22. The van der Waals surface area contributed by atoms with Crippen LogP contribution in [0.3, 0.4) is 0 Å². The zero-order valence-electron chi connectivity index (χ0n) is 6.68. The van der Waals surface area contributed by atoms with Gasteiger partial charge < -0.3 is 0 Å². The molecule has 0 bridgehead atoms. The molecule has 0 N–H and O–H groups in total. The van der Waals surface area contributed by atoms with Gasteiger partial charge in [0.1, 0.15) is 0 Å². The maximum Gasteiger partial charge on any atom is 0.0221 e. The number of rotatable bonds is 1. The van der Waals surface area contributed by atoms with Crippen LogP contribution in [0.5, 0.6) is 0 Å². The van der Waals surface area contributed by atoms with E-state index < -0.39 is 0 Å². The number of hydrogen-bond acceptors (Lipinski definition) is 1. The smallest absolute Gasteiger partial charge is 0.0221 e. The van der Waals surface area contributed by atoms with Crippen molar-refractivity contribution in [3.8, 4) is 0 Å². The Hall–Kier alpha value is -0.590. The summed E-state index contributed by atoms with van der Waals surface area (Å²) in [5.74, 6) is 0. The molecule has 9 heavy (non-hydrogen) atoms. The molecule has 0 aromatic heterocycles. The van der Waals surface area contributed by atoms with Crippen molar-refractivity contribution in [2.45, 2.75) is 27.7 Å². The molecule has 0 aliphatic heterocycles. The molecule has 0 atom stereocenters. The van der Waals surface area contributed by atoms with Crippen molar-refractivity contribution in [2.75, 3.05) is 0 Å². The molecule has 0 unspecified atom stereocenters. The van der Waals surface area contributed by atoms with E-state index in [1.807, 2.05) is 19.2 Å². The summed E-state index contributed by atoms with van der Waals surface area (Å²) in [5.41, 5.74) is 0.208. The molecule has 1 heteroatoms. The van der Waals surface area contributed by atoms with Crippen LogP contribution in [0.15, 0.2) is 17.3 Å². The van der Waals surface area contributed by atoms with Crippen LogP contribution in [0.25, 0.3) is 0 Å². The average Bonchev–Trinajstić information content (AvgIpc) is 1.63. The molecule has 1 nitrogen and oxygen atoms in total. The minimum Gasteiger partial charge on any atom is -0.269 e. The fourth-order valence-electron chi connectivity index (χ4n) is 0.353. The lowest BCUT2D eigenvalue weighted by Gasteiger charge is -2.08. The summed E-state index contributed by atoms with van der Waals surface area (Å²) in [6, 6.07) is 0. The van der Waals surface area contributed by atoms with Crippen LogP contribution >= 0.6 is 0 Å². The molecule has 0 heterocycles. The molecule has 0 aliphatic rings. The Bertz CT molecular complexity index is 115. The van der Waals surface area contributed by atoms with Gasteiger partial charge in [-0.3, -0.25) is 4.99 Å². The molecule has 0 spiro atoms. The Morgan fingerprint density at radius 3 is 2.11 bits per heavy atom. The molecular weight excluding hydrogens is 110 g/mol. The van der Waals surface area contributed by atoms with Crippen LogP contribution in [0.4, 0.5) is 0 Å². The number of aliphatic imine (C=N–C) groups is 1. The lowest BCUT2D eigenvalue weighted by Crippen LogP contribution is -2.05. The molecule has 0 saturated carbocycles. The first-order chi connectivity index (χ1) is 4.06. The van der Waals surface area contributed by atoms with Crippen LogP contribution < -0.4 is 0 Å². The standard InChI is InChI=1S/C8H15N/c1-5-6-9-7-8(2,3)4/h5-7H,1-4H3/b6-5+,9-7?. The SMILES string of the molecule is C/C=C/N=CC(C)(C)C. The summed E-state index contributed by atoms with van der Waals surface area (Å²) in [6.07, 6.45) is 5.65. The number of allylic oxidation sites excluding steroid dienone is 1. The maximum absolute atomic E-state index is 4.06. The summed E-state index contributed by atoms with van der Waals surface area (Å²) in [6.45, 7) is 8.33. The minimum absolute atomic E-state index is 0.208. The summed E-state index contributed by atoms with van der Waals surface area (Å²) in [5, 5.41) is 0. The largest absolute Gasteiger partial charge is 0.269 e. The number of nitrogens with zero attached hydrogens (tertiary/aromatic N) is 1. The van der Waals surface area contributed by atoms with E-state index in [2.05, 4.69) is 25.8 Å². The average molecular weight is 125 g/mol. The van der Waals surface area contributed by atoms with Gasteiger partial charge in [-0.15, -0.1) is 0 Å². The van der Waals surface area contributed by atoms with Crippen molar-refractivity contribution in [3.63, 3.8) is 0 Å². The Balaban J connectivity index is 3.71. The maximum atomic E-state index is 4.06. The van der Waals surface area contributed by atoms with Gasteiger partial charge in [-0.25, -0.2) is 0 Å². The Morgan fingerprint density at radius 2 is 1.78 bits per heavy atom. The Morgan fingerprint density at radius 1 is 1.22 bits per heavy atom. The molecule has 0 aromatic carbocycles. The normalized spacial score (nSPS) is 13.8. The van der Waals surface area contributed by atoms with Gasteiger partial charge in [-0.05, 0) is 12.3 Å². The van der Waals surface area contributed by atoms with Crippen LogP contribution in [-0.4, -0.2) is 6.21 Å². The van der Waals surface area contributed by atoms with Crippen LogP contribution in [0, 0.1) is 5.41 Å². The van der Waals surface area contributed by atoms with Gasteiger partial charge in [-0.2, -0.15) is 0 Å². The van der Waals surface area contributed by atoms with Crippen LogP contribution in [0.2, 0.25) is 0 Å². The molecule has 0 amide bonds. The van der Waals surface area contributed by atoms with Gasteiger partial charge in [-0.1, -0.05) is 26.8 Å². The zero-order chi connectivity index (χ0) is 7.33. The first kappa shape index (κ1) is 8.41. The van der Waals surface area contributed by atoms with E-state index in [1.54, 1.807) is 6.20 Å². The van der Waals surface area contributed by atoms with E-state index in [1.165, 1.54) is 0 Å². The molecule has 52 valence electrons. The fourth-order valence-corrected chi connectivity index (χ4v) is 0.353. The second kappa shape index (κ2) is 3.44. The third kappa shape index (κ3) is 7.41. The van der Waals surface area contributed by atoms with E-state index in [9.17, 15) is 0 Å². The zero-order valence-corrected chi connectivity index (χ0v) is 6.68. The highest BCUT2D eigenvalue weighted by molar-refractivity contribution is 5.64. The van der Waals surface area contributed by atoms with Gasteiger partial charge in [0.25, 0.3) is 0 Å². The topological polar surface area (TPSA) is 12.4 Å². The third-order valence-corrected chi connectivity index (χ3v) is 0.697.